The second-order valence-electron chi connectivity index (χ2n) is 4.32. The number of aromatic nitrogens is 2. The Morgan fingerprint density at radius 2 is 1.81 bits per heavy atom. The number of thioether (sulfide) groups is 1. The molecule has 0 aliphatic rings. The third-order valence-corrected chi connectivity index (χ3v) is 3.30. The first-order chi connectivity index (χ1) is 9.87. The van der Waals surface area contributed by atoms with Crippen LogP contribution in [0.25, 0.3) is 11.4 Å². The van der Waals surface area contributed by atoms with Crippen LogP contribution in [0.15, 0.2) is 35.2 Å². The largest absolute Gasteiger partial charge is 0.446 e. The minimum Gasteiger partial charge on any atom is -0.370 e. The highest BCUT2D eigenvalue weighted by Gasteiger charge is 2.29. The first kappa shape index (κ1) is 15.6. The van der Waals surface area contributed by atoms with Crippen LogP contribution in [0.4, 0.5) is 19.0 Å². The van der Waals surface area contributed by atoms with Gasteiger partial charge < -0.3 is 5.32 Å². The summed E-state index contributed by atoms with van der Waals surface area (Å²) in [6.45, 7) is 4.54. The number of benzene rings is 1. The van der Waals surface area contributed by atoms with Gasteiger partial charge in [0.15, 0.2) is 5.82 Å². The van der Waals surface area contributed by atoms with Crippen LogP contribution in [0.5, 0.6) is 0 Å². The number of hydrogen-bond acceptors (Lipinski definition) is 4. The number of nitrogens with one attached hydrogen (secondary N) is 1. The second-order valence-corrected chi connectivity index (χ2v) is 5.46. The van der Waals surface area contributed by atoms with Crippen LogP contribution in [0.2, 0.25) is 0 Å². The van der Waals surface area contributed by atoms with Crippen molar-refractivity contribution in [3.8, 4) is 11.4 Å². The molecule has 3 nitrogen and oxygen atoms in total. The number of alkyl halides is 3. The van der Waals surface area contributed by atoms with Gasteiger partial charge in [-0.3, -0.25) is 0 Å². The summed E-state index contributed by atoms with van der Waals surface area (Å²) in [6.07, 6.45) is 0. The maximum Gasteiger partial charge on any atom is 0.446 e. The Kier molecular flexibility index (Phi) is 4.72. The van der Waals surface area contributed by atoms with Crippen molar-refractivity contribution in [1.29, 1.82) is 0 Å². The third kappa shape index (κ3) is 4.63. The van der Waals surface area contributed by atoms with Crippen molar-refractivity contribution in [3.05, 3.63) is 36.0 Å². The number of hydrogen-bond donors (Lipinski definition) is 1. The summed E-state index contributed by atoms with van der Waals surface area (Å²) in [7, 11) is 0. The highest BCUT2D eigenvalue weighted by Crippen LogP contribution is 2.37. The number of nitrogens with zero attached hydrogens (tertiary/aromatic N) is 2. The van der Waals surface area contributed by atoms with Crippen molar-refractivity contribution in [2.24, 2.45) is 0 Å². The lowest BCUT2D eigenvalue weighted by atomic mass is 10.2. The Labute approximate surface area is 125 Å². The van der Waals surface area contributed by atoms with Gasteiger partial charge in [-0.25, -0.2) is 9.97 Å². The van der Waals surface area contributed by atoms with Gasteiger partial charge in [0.1, 0.15) is 5.82 Å². The topological polar surface area (TPSA) is 37.8 Å². The summed E-state index contributed by atoms with van der Waals surface area (Å²) in [5.74, 6) is 1.20. The van der Waals surface area contributed by atoms with Crippen LogP contribution < -0.4 is 5.32 Å². The van der Waals surface area contributed by atoms with E-state index in [0.29, 0.717) is 17.2 Å². The zero-order valence-electron chi connectivity index (χ0n) is 11.5. The molecule has 0 saturated heterocycles. The molecule has 0 spiro atoms. The Morgan fingerprint density at radius 3 is 2.38 bits per heavy atom. The molecule has 1 aromatic carbocycles. The van der Waals surface area contributed by atoms with E-state index in [-0.39, 0.29) is 16.7 Å². The molecule has 1 heterocycles. The zero-order valence-corrected chi connectivity index (χ0v) is 12.3. The van der Waals surface area contributed by atoms with Crippen molar-refractivity contribution in [1.82, 2.24) is 9.97 Å². The van der Waals surface area contributed by atoms with Crippen LogP contribution in [0.1, 0.15) is 12.6 Å². The normalized spacial score (nSPS) is 11.5. The van der Waals surface area contributed by atoms with Crippen molar-refractivity contribution in [2.45, 2.75) is 24.3 Å². The predicted molar refractivity (Wildman–Crippen MR) is 78.3 cm³/mol. The smallest absolute Gasteiger partial charge is 0.370 e. The summed E-state index contributed by atoms with van der Waals surface area (Å²) >= 11 is -0.134. The Hall–Kier alpha value is -1.76. The highest BCUT2D eigenvalue weighted by atomic mass is 32.2. The zero-order chi connectivity index (χ0) is 15.5. The van der Waals surface area contributed by atoms with Crippen LogP contribution in [0, 0.1) is 6.92 Å². The van der Waals surface area contributed by atoms with Crippen LogP contribution >= 0.6 is 11.8 Å². The van der Waals surface area contributed by atoms with Gasteiger partial charge in [0.2, 0.25) is 0 Å². The van der Waals surface area contributed by atoms with Crippen LogP contribution in [-0.2, 0) is 0 Å². The van der Waals surface area contributed by atoms with Crippen molar-refractivity contribution >= 4 is 17.6 Å². The lowest BCUT2D eigenvalue weighted by molar-refractivity contribution is -0.0328. The average Bonchev–Trinajstić information content (AvgIpc) is 2.37. The fourth-order valence-electron chi connectivity index (χ4n) is 1.78. The molecule has 1 aromatic heterocycles. The molecular weight excluding hydrogens is 299 g/mol. The maximum atomic E-state index is 12.3. The molecule has 0 aliphatic heterocycles. The molecule has 7 heteroatoms. The fourth-order valence-corrected chi connectivity index (χ4v) is 2.31. The van der Waals surface area contributed by atoms with E-state index in [4.69, 9.17) is 0 Å². The number of halogens is 3. The quantitative estimate of drug-likeness (QED) is 0.844. The van der Waals surface area contributed by atoms with Gasteiger partial charge in [-0.05, 0) is 37.7 Å². The van der Waals surface area contributed by atoms with Crippen molar-refractivity contribution in [2.75, 3.05) is 11.9 Å². The molecule has 0 fully saturated rings. The molecule has 2 aromatic rings. The lowest BCUT2D eigenvalue weighted by Crippen LogP contribution is -2.02. The Morgan fingerprint density at radius 1 is 1.14 bits per heavy atom. The van der Waals surface area contributed by atoms with E-state index >= 15 is 0 Å². The molecule has 0 radical (unpaired) electrons. The number of rotatable bonds is 4. The fraction of sp³-hybridized carbons (Fsp3) is 0.286. The van der Waals surface area contributed by atoms with Gasteiger partial charge in [0, 0.05) is 28.8 Å². The molecule has 112 valence electrons. The molecule has 0 atom stereocenters. The van der Waals surface area contributed by atoms with Crippen molar-refractivity contribution in [3.63, 3.8) is 0 Å². The minimum atomic E-state index is -4.28. The van der Waals surface area contributed by atoms with E-state index in [1.54, 1.807) is 12.1 Å². The van der Waals surface area contributed by atoms with Crippen LogP contribution in [0.3, 0.4) is 0 Å². The standard InChI is InChI=1S/C14H14F3N3S/c1-3-18-12-8-9(2)19-13(20-12)10-4-6-11(7-5-10)21-14(15,16)17/h4-8H,3H2,1-2H3,(H,18,19,20). The summed E-state index contributed by atoms with van der Waals surface area (Å²) in [5, 5.41) is 3.10. The highest BCUT2D eigenvalue weighted by molar-refractivity contribution is 8.00. The molecule has 0 aliphatic carbocycles. The third-order valence-electron chi connectivity index (χ3n) is 2.56. The summed E-state index contributed by atoms with van der Waals surface area (Å²) < 4.78 is 36.9. The van der Waals surface area contributed by atoms with Gasteiger partial charge in [-0.2, -0.15) is 13.2 Å². The Balaban J connectivity index is 2.26. The lowest BCUT2D eigenvalue weighted by Gasteiger charge is -2.08. The Bertz CT molecular complexity index is 612. The molecule has 0 amide bonds. The number of anilines is 1. The van der Waals surface area contributed by atoms with E-state index in [1.165, 1.54) is 12.1 Å². The van der Waals surface area contributed by atoms with Gasteiger partial charge in [0.05, 0.1) is 0 Å². The monoisotopic (exact) mass is 313 g/mol. The maximum absolute atomic E-state index is 12.3. The van der Waals surface area contributed by atoms with Crippen LogP contribution in [-0.4, -0.2) is 22.0 Å². The van der Waals surface area contributed by atoms with E-state index < -0.39 is 5.51 Å². The van der Waals surface area contributed by atoms with Gasteiger partial charge in [-0.15, -0.1) is 0 Å². The number of aryl methyl sites for hydroxylation is 1. The van der Waals surface area contributed by atoms with E-state index in [2.05, 4.69) is 15.3 Å². The van der Waals surface area contributed by atoms with Crippen molar-refractivity contribution < 1.29 is 13.2 Å². The van der Waals surface area contributed by atoms with Gasteiger partial charge in [0.25, 0.3) is 0 Å². The summed E-state index contributed by atoms with van der Waals surface area (Å²) in [6, 6.07) is 7.86. The molecule has 0 saturated carbocycles. The summed E-state index contributed by atoms with van der Waals surface area (Å²) in [5.41, 5.74) is -2.80. The molecule has 2 rings (SSSR count). The minimum absolute atomic E-state index is 0.134. The molecular formula is C14H14F3N3S. The molecule has 1 N–H and O–H groups in total. The average molecular weight is 313 g/mol. The predicted octanol–water partition coefficient (Wildman–Crippen LogP) is 4.50. The molecule has 0 unspecified atom stereocenters. The SMILES string of the molecule is CCNc1cc(C)nc(-c2ccc(SC(F)(F)F)cc2)n1. The molecule has 0 bridgehead atoms. The molecule has 21 heavy (non-hydrogen) atoms. The summed E-state index contributed by atoms with van der Waals surface area (Å²) in [4.78, 5) is 8.80. The first-order valence-electron chi connectivity index (χ1n) is 6.33. The van der Waals surface area contributed by atoms with E-state index in [9.17, 15) is 13.2 Å². The van der Waals surface area contributed by atoms with E-state index in [1.807, 2.05) is 19.9 Å². The van der Waals surface area contributed by atoms with Gasteiger partial charge in [-0.1, -0.05) is 12.1 Å². The first-order valence-corrected chi connectivity index (χ1v) is 7.15. The van der Waals surface area contributed by atoms with Gasteiger partial charge >= 0.3 is 5.51 Å². The second kappa shape index (κ2) is 6.34. The van der Waals surface area contributed by atoms with E-state index in [0.717, 1.165) is 12.2 Å².